The van der Waals surface area contributed by atoms with Gasteiger partial charge in [0.15, 0.2) is 10.3 Å². The molecule has 0 unspecified atom stereocenters. The lowest BCUT2D eigenvalue weighted by Crippen LogP contribution is -2.33. The standard InChI is InChI=1S/C18H23ClF2N4O2S2/c1-22-12(6-5-11-3-2-4-11)9-23-15-8-14(20)16(7-13(15)19)29(26,27)25-18-24-10-17(21)28-18/h7-8,10-12,22-23H,2-6,9H2,1H3,(H,24,25)/t12-/m0/s1. The Labute approximate surface area is 178 Å². The summed E-state index contributed by atoms with van der Waals surface area (Å²) in [4.78, 5) is 2.95. The molecule has 160 valence electrons. The maximum atomic E-state index is 14.5. The lowest BCUT2D eigenvalue weighted by molar-refractivity contribution is 0.278. The number of aromatic nitrogens is 1. The van der Waals surface area contributed by atoms with Crippen LogP contribution in [-0.2, 0) is 10.0 Å². The van der Waals surface area contributed by atoms with Crippen molar-refractivity contribution in [3.8, 4) is 0 Å². The van der Waals surface area contributed by atoms with E-state index in [2.05, 4.69) is 20.3 Å². The van der Waals surface area contributed by atoms with Crippen molar-refractivity contribution in [1.82, 2.24) is 10.3 Å². The van der Waals surface area contributed by atoms with Gasteiger partial charge < -0.3 is 10.6 Å². The first-order chi connectivity index (χ1) is 13.8. The van der Waals surface area contributed by atoms with E-state index in [4.69, 9.17) is 11.6 Å². The predicted molar refractivity (Wildman–Crippen MR) is 112 cm³/mol. The molecule has 2 aromatic rings. The summed E-state index contributed by atoms with van der Waals surface area (Å²) in [6.07, 6.45) is 6.91. The Morgan fingerprint density at radius 3 is 2.69 bits per heavy atom. The van der Waals surface area contributed by atoms with Crippen LogP contribution in [-0.4, -0.2) is 33.0 Å². The summed E-state index contributed by atoms with van der Waals surface area (Å²) in [5, 5.41) is 5.55. The molecule has 0 radical (unpaired) electrons. The van der Waals surface area contributed by atoms with Crippen molar-refractivity contribution in [1.29, 1.82) is 0 Å². The van der Waals surface area contributed by atoms with Crippen LogP contribution in [0.4, 0.5) is 19.6 Å². The summed E-state index contributed by atoms with van der Waals surface area (Å²) < 4.78 is 54.4. The van der Waals surface area contributed by atoms with Gasteiger partial charge in [0.2, 0.25) is 0 Å². The Morgan fingerprint density at radius 1 is 1.34 bits per heavy atom. The van der Waals surface area contributed by atoms with Crippen LogP contribution >= 0.6 is 22.9 Å². The van der Waals surface area contributed by atoms with Crippen LogP contribution in [0.2, 0.25) is 5.02 Å². The Hall–Kier alpha value is -1.49. The van der Waals surface area contributed by atoms with E-state index >= 15 is 0 Å². The topological polar surface area (TPSA) is 83.1 Å². The number of hydrogen-bond acceptors (Lipinski definition) is 6. The second-order valence-corrected chi connectivity index (χ2v) is 10.1. The molecule has 1 fully saturated rings. The average molecular weight is 465 g/mol. The maximum absolute atomic E-state index is 14.5. The van der Waals surface area contributed by atoms with Gasteiger partial charge in [0.05, 0.1) is 16.9 Å². The van der Waals surface area contributed by atoms with E-state index in [9.17, 15) is 17.2 Å². The van der Waals surface area contributed by atoms with E-state index in [0.29, 0.717) is 23.6 Å². The molecular weight excluding hydrogens is 442 g/mol. The summed E-state index contributed by atoms with van der Waals surface area (Å²) in [6.45, 7) is 0.533. The van der Waals surface area contributed by atoms with E-state index < -0.39 is 25.9 Å². The smallest absolute Gasteiger partial charge is 0.266 e. The van der Waals surface area contributed by atoms with E-state index in [0.717, 1.165) is 37.1 Å². The van der Waals surface area contributed by atoms with Gasteiger partial charge in [-0.05, 0) is 37.9 Å². The zero-order chi connectivity index (χ0) is 21.0. The van der Waals surface area contributed by atoms with Crippen molar-refractivity contribution in [3.05, 3.63) is 34.3 Å². The minimum absolute atomic E-state index is 0.0749. The Morgan fingerprint density at radius 2 is 2.10 bits per heavy atom. The highest BCUT2D eigenvalue weighted by molar-refractivity contribution is 7.93. The molecule has 11 heteroatoms. The number of halogens is 3. The van der Waals surface area contributed by atoms with Gasteiger partial charge in [-0.15, -0.1) is 0 Å². The minimum Gasteiger partial charge on any atom is -0.382 e. The van der Waals surface area contributed by atoms with E-state index in [1.807, 2.05) is 7.05 Å². The van der Waals surface area contributed by atoms with E-state index in [1.165, 1.54) is 19.3 Å². The summed E-state index contributed by atoms with van der Waals surface area (Å²) in [7, 11) is -2.42. The predicted octanol–water partition coefficient (Wildman–Crippen LogP) is 4.46. The van der Waals surface area contributed by atoms with Crippen LogP contribution in [0.3, 0.4) is 0 Å². The minimum atomic E-state index is -4.29. The third kappa shape index (κ3) is 5.78. The third-order valence-electron chi connectivity index (χ3n) is 5.11. The monoisotopic (exact) mass is 464 g/mol. The second kappa shape index (κ2) is 9.55. The number of hydrogen-bond donors (Lipinski definition) is 3. The van der Waals surface area contributed by atoms with Gasteiger partial charge in [-0.1, -0.05) is 42.2 Å². The summed E-state index contributed by atoms with van der Waals surface area (Å²) >= 11 is 6.69. The van der Waals surface area contributed by atoms with Crippen molar-refractivity contribution in [2.24, 2.45) is 5.92 Å². The van der Waals surface area contributed by atoms with E-state index in [-0.39, 0.29) is 16.2 Å². The SMILES string of the molecule is CN[C@@H](CCC1CCC1)CNc1cc(F)c(S(=O)(=O)Nc2ncc(F)s2)cc1Cl. The molecule has 0 amide bonds. The van der Waals surface area contributed by atoms with E-state index in [1.54, 1.807) is 0 Å². The van der Waals surface area contributed by atoms with Gasteiger partial charge >= 0.3 is 0 Å². The quantitative estimate of drug-likeness (QED) is 0.483. The van der Waals surface area contributed by atoms with Crippen LogP contribution in [0.15, 0.2) is 23.2 Å². The first-order valence-electron chi connectivity index (χ1n) is 9.33. The number of nitrogens with zero attached hydrogens (tertiary/aromatic N) is 1. The number of rotatable bonds is 10. The molecule has 0 aliphatic heterocycles. The van der Waals surface area contributed by atoms with Gasteiger partial charge in [-0.25, -0.2) is 17.8 Å². The molecule has 0 spiro atoms. The summed E-state index contributed by atoms with van der Waals surface area (Å²) in [6, 6.07) is 2.28. The van der Waals surface area contributed by atoms with Crippen molar-refractivity contribution in [2.75, 3.05) is 23.6 Å². The third-order valence-corrected chi connectivity index (χ3v) is 7.60. The number of benzene rings is 1. The van der Waals surface area contributed by atoms with Crippen LogP contribution in [0.1, 0.15) is 32.1 Å². The molecule has 29 heavy (non-hydrogen) atoms. The number of nitrogens with one attached hydrogen (secondary N) is 3. The molecule has 1 heterocycles. The van der Waals surface area contributed by atoms with Crippen molar-refractivity contribution < 1.29 is 17.2 Å². The highest BCUT2D eigenvalue weighted by Crippen LogP contribution is 2.32. The molecule has 3 N–H and O–H groups in total. The first-order valence-corrected chi connectivity index (χ1v) is 12.0. The molecule has 1 aliphatic carbocycles. The largest absolute Gasteiger partial charge is 0.382 e. The van der Waals surface area contributed by atoms with Crippen LogP contribution < -0.4 is 15.4 Å². The van der Waals surface area contributed by atoms with Gasteiger partial charge in [0, 0.05) is 12.6 Å². The molecule has 1 aliphatic rings. The van der Waals surface area contributed by atoms with Crippen LogP contribution in [0.5, 0.6) is 0 Å². The maximum Gasteiger partial charge on any atom is 0.266 e. The van der Waals surface area contributed by atoms with Crippen molar-refractivity contribution >= 4 is 43.8 Å². The fraction of sp³-hybridized carbons (Fsp3) is 0.500. The van der Waals surface area contributed by atoms with Gasteiger partial charge in [0.25, 0.3) is 10.0 Å². The molecule has 6 nitrogen and oxygen atoms in total. The van der Waals surface area contributed by atoms with Gasteiger partial charge in [-0.2, -0.15) is 4.39 Å². The van der Waals surface area contributed by atoms with Crippen molar-refractivity contribution in [2.45, 2.75) is 43.0 Å². The van der Waals surface area contributed by atoms with Crippen LogP contribution in [0.25, 0.3) is 0 Å². The lowest BCUT2D eigenvalue weighted by Gasteiger charge is -2.27. The highest BCUT2D eigenvalue weighted by atomic mass is 35.5. The first kappa shape index (κ1) is 22.2. The Bertz CT molecular complexity index is 951. The van der Waals surface area contributed by atoms with Gasteiger partial charge in [0.1, 0.15) is 10.7 Å². The molecular formula is C18H23ClF2N4O2S2. The molecule has 0 bridgehead atoms. The Balaban J connectivity index is 1.66. The van der Waals surface area contributed by atoms with Gasteiger partial charge in [-0.3, -0.25) is 4.72 Å². The summed E-state index contributed by atoms with van der Waals surface area (Å²) in [5.41, 5.74) is 0.312. The number of thiazole rings is 1. The highest BCUT2D eigenvalue weighted by Gasteiger charge is 2.23. The number of sulfonamides is 1. The molecule has 1 atom stereocenters. The average Bonchev–Trinajstić information content (AvgIpc) is 3.02. The zero-order valence-corrected chi connectivity index (χ0v) is 18.2. The molecule has 3 rings (SSSR count). The fourth-order valence-corrected chi connectivity index (χ4v) is 5.31. The molecule has 1 aromatic heterocycles. The normalized spacial score (nSPS) is 15.7. The van der Waals surface area contributed by atoms with Crippen molar-refractivity contribution in [3.63, 3.8) is 0 Å². The second-order valence-electron chi connectivity index (χ2n) is 7.08. The molecule has 1 saturated carbocycles. The fourth-order valence-electron chi connectivity index (χ4n) is 3.14. The zero-order valence-electron chi connectivity index (χ0n) is 15.8. The molecule has 1 aromatic carbocycles. The molecule has 0 saturated heterocycles. The number of likely N-dealkylation sites (N-methyl/N-ethyl adjacent to an activating group) is 1. The lowest BCUT2D eigenvalue weighted by atomic mass is 9.81. The summed E-state index contributed by atoms with van der Waals surface area (Å²) in [5.74, 6) is -0.160. The number of anilines is 2. The Kier molecular flexibility index (Phi) is 7.31. The van der Waals surface area contributed by atoms with Crippen LogP contribution in [0, 0.1) is 16.9 Å².